The lowest BCUT2D eigenvalue weighted by molar-refractivity contribution is 0.155. The number of carbonyl (C=O) groups excluding carboxylic acids is 1. The summed E-state index contributed by atoms with van der Waals surface area (Å²) in [6.07, 6.45) is 5.63. The van der Waals surface area contributed by atoms with Gasteiger partial charge in [0.05, 0.1) is 25.0 Å². The van der Waals surface area contributed by atoms with Crippen molar-refractivity contribution < 1.29 is 18.7 Å². The van der Waals surface area contributed by atoms with Gasteiger partial charge in [0.2, 0.25) is 0 Å². The first-order valence-electron chi connectivity index (χ1n) is 12.0. The van der Waals surface area contributed by atoms with Crippen LogP contribution in [0.3, 0.4) is 0 Å². The lowest BCUT2D eigenvalue weighted by atomic mass is 10.0. The summed E-state index contributed by atoms with van der Waals surface area (Å²) in [5, 5.41) is 3.68. The molecule has 2 fully saturated rings. The van der Waals surface area contributed by atoms with Crippen LogP contribution in [-0.2, 0) is 4.74 Å². The summed E-state index contributed by atoms with van der Waals surface area (Å²) in [7, 11) is 1.37. The molecule has 4 heterocycles. The largest absolute Gasteiger partial charge is 0.486 e. The number of fused-ring (bicyclic) bond motifs is 1. The highest BCUT2D eigenvalue weighted by Crippen LogP contribution is 2.34. The van der Waals surface area contributed by atoms with E-state index in [0.717, 1.165) is 55.0 Å². The molecule has 2 saturated heterocycles. The molecule has 35 heavy (non-hydrogen) atoms. The van der Waals surface area contributed by atoms with E-state index in [-0.39, 0.29) is 24.0 Å². The van der Waals surface area contributed by atoms with Crippen LogP contribution in [0.2, 0.25) is 0 Å². The van der Waals surface area contributed by atoms with Gasteiger partial charge in [0.25, 0.3) is 0 Å². The van der Waals surface area contributed by atoms with Crippen LogP contribution in [0, 0.1) is 5.82 Å². The molecule has 0 radical (unpaired) electrons. The van der Waals surface area contributed by atoms with E-state index in [1.165, 1.54) is 13.2 Å². The Labute approximate surface area is 204 Å². The molecule has 8 nitrogen and oxygen atoms in total. The van der Waals surface area contributed by atoms with Gasteiger partial charge in [-0.2, -0.15) is 0 Å². The standard InChI is InChI=1S/C26H30FN5O3/c1-17-14-20(10-13-32(17)24-7-6-18-4-3-5-21(27)25(18)30-24)35-23-15-28-11-8-22(23)31-12-9-19(16-31)29-26(33)34-2/h3-8,11,15,17,19-20H,9-10,12-14,16H2,1-2H3,(H,29,33). The number of aromatic nitrogens is 2. The van der Waals surface area contributed by atoms with E-state index in [1.807, 2.05) is 24.3 Å². The monoisotopic (exact) mass is 479 g/mol. The van der Waals surface area contributed by atoms with Gasteiger partial charge in [0.1, 0.15) is 23.3 Å². The second kappa shape index (κ2) is 9.93. The van der Waals surface area contributed by atoms with Crippen LogP contribution in [0.5, 0.6) is 5.75 Å². The smallest absolute Gasteiger partial charge is 0.407 e. The summed E-state index contributed by atoms with van der Waals surface area (Å²) in [5.41, 5.74) is 1.39. The Bertz CT molecular complexity index is 1210. The minimum Gasteiger partial charge on any atom is -0.486 e. The van der Waals surface area contributed by atoms with E-state index < -0.39 is 6.09 Å². The number of amides is 1. The molecule has 2 aliphatic rings. The first-order chi connectivity index (χ1) is 17.0. The summed E-state index contributed by atoms with van der Waals surface area (Å²) in [4.78, 5) is 24.9. The first-order valence-corrected chi connectivity index (χ1v) is 12.0. The van der Waals surface area contributed by atoms with E-state index in [9.17, 15) is 9.18 Å². The van der Waals surface area contributed by atoms with Crippen molar-refractivity contribution in [1.82, 2.24) is 15.3 Å². The molecule has 184 valence electrons. The first kappa shape index (κ1) is 23.1. The van der Waals surface area contributed by atoms with Crippen molar-refractivity contribution in [3.05, 3.63) is 54.6 Å². The minimum absolute atomic E-state index is 0.0333. The lowest BCUT2D eigenvalue weighted by Crippen LogP contribution is -2.45. The third-order valence-electron chi connectivity index (χ3n) is 6.87. The number of alkyl carbamates (subject to hydrolysis) is 1. The van der Waals surface area contributed by atoms with Gasteiger partial charge in [-0.1, -0.05) is 12.1 Å². The summed E-state index contributed by atoms with van der Waals surface area (Å²) < 4.78 is 25.4. The third kappa shape index (κ3) is 4.94. The Morgan fingerprint density at radius 1 is 1.17 bits per heavy atom. The van der Waals surface area contributed by atoms with Crippen LogP contribution in [0.4, 0.5) is 20.7 Å². The molecule has 0 spiro atoms. The van der Waals surface area contributed by atoms with Gasteiger partial charge in [-0.25, -0.2) is 14.2 Å². The molecule has 9 heteroatoms. The number of carbonyl (C=O) groups is 1. The maximum Gasteiger partial charge on any atom is 0.407 e. The highest BCUT2D eigenvalue weighted by Gasteiger charge is 2.30. The van der Waals surface area contributed by atoms with E-state index in [4.69, 9.17) is 9.47 Å². The lowest BCUT2D eigenvalue weighted by Gasteiger charge is -2.38. The molecule has 5 rings (SSSR count). The van der Waals surface area contributed by atoms with E-state index >= 15 is 0 Å². The fourth-order valence-electron chi connectivity index (χ4n) is 5.06. The van der Waals surface area contributed by atoms with Gasteiger partial charge >= 0.3 is 6.09 Å². The van der Waals surface area contributed by atoms with Crippen molar-refractivity contribution >= 4 is 28.5 Å². The SMILES string of the molecule is COC(=O)NC1CCN(c2ccncc2OC2CCN(c3ccc4cccc(F)c4n3)C(C)C2)C1. The summed E-state index contributed by atoms with van der Waals surface area (Å²) in [6, 6.07) is 11.1. The normalized spacial score (nSPS) is 22.3. The number of anilines is 2. The number of pyridine rings is 2. The number of ether oxygens (including phenoxy) is 2. The Morgan fingerprint density at radius 3 is 2.89 bits per heavy atom. The van der Waals surface area contributed by atoms with Crippen molar-refractivity contribution in [2.24, 2.45) is 0 Å². The molecule has 3 unspecified atom stereocenters. The average Bonchev–Trinajstić information content (AvgIpc) is 3.33. The fraction of sp³-hybridized carbons (Fsp3) is 0.423. The van der Waals surface area contributed by atoms with Crippen LogP contribution < -0.4 is 19.9 Å². The zero-order valence-corrected chi connectivity index (χ0v) is 20.0. The van der Waals surface area contributed by atoms with Gasteiger partial charge in [0, 0.05) is 50.1 Å². The van der Waals surface area contributed by atoms with E-state index in [2.05, 4.69) is 32.0 Å². The molecule has 0 saturated carbocycles. The average molecular weight is 480 g/mol. The fourth-order valence-corrected chi connectivity index (χ4v) is 5.06. The molecule has 1 amide bonds. The molecule has 2 aliphatic heterocycles. The summed E-state index contributed by atoms with van der Waals surface area (Å²) >= 11 is 0. The molecule has 0 aliphatic carbocycles. The number of hydrogen-bond donors (Lipinski definition) is 1. The molecule has 0 bridgehead atoms. The summed E-state index contributed by atoms with van der Waals surface area (Å²) in [6.45, 7) is 4.42. The molecular formula is C26H30FN5O3. The van der Waals surface area contributed by atoms with Crippen molar-refractivity contribution in [1.29, 1.82) is 0 Å². The van der Waals surface area contributed by atoms with E-state index in [1.54, 1.807) is 18.5 Å². The van der Waals surface area contributed by atoms with Gasteiger partial charge in [-0.3, -0.25) is 4.98 Å². The number of rotatable bonds is 5. The zero-order valence-electron chi connectivity index (χ0n) is 20.0. The van der Waals surface area contributed by atoms with Crippen molar-refractivity contribution in [2.75, 3.05) is 36.5 Å². The van der Waals surface area contributed by atoms with Gasteiger partial charge in [-0.05, 0) is 37.6 Å². The molecule has 3 aromatic rings. The van der Waals surface area contributed by atoms with Gasteiger partial charge < -0.3 is 24.6 Å². The Morgan fingerprint density at radius 2 is 2.06 bits per heavy atom. The van der Waals surface area contributed by atoms with Crippen molar-refractivity contribution in [3.63, 3.8) is 0 Å². The topological polar surface area (TPSA) is 79.8 Å². The molecular weight excluding hydrogens is 449 g/mol. The predicted octanol–water partition coefficient (Wildman–Crippen LogP) is 4.14. The maximum absolute atomic E-state index is 14.3. The van der Waals surface area contributed by atoms with Crippen LogP contribution in [0.25, 0.3) is 10.9 Å². The van der Waals surface area contributed by atoms with Crippen LogP contribution in [-0.4, -0.2) is 61.0 Å². The summed E-state index contributed by atoms with van der Waals surface area (Å²) in [5.74, 6) is 1.24. The van der Waals surface area contributed by atoms with Crippen LogP contribution >= 0.6 is 0 Å². The molecule has 2 aromatic heterocycles. The Hall–Kier alpha value is -3.62. The molecule has 1 aromatic carbocycles. The van der Waals surface area contributed by atoms with Gasteiger partial charge in [0.15, 0.2) is 5.75 Å². The molecule has 3 atom stereocenters. The second-order valence-corrected chi connectivity index (χ2v) is 9.20. The van der Waals surface area contributed by atoms with Crippen molar-refractivity contribution in [2.45, 2.75) is 44.4 Å². The van der Waals surface area contributed by atoms with Gasteiger partial charge in [-0.15, -0.1) is 0 Å². The maximum atomic E-state index is 14.3. The van der Waals surface area contributed by atoms with Crippen LogP contribution in [0.1, 0.15) is 26.2 Å². The number of piperidine rings is 1. The van der Waals surface area contributed by atoms with Crippen LogP contribution in [0.15, 0.2) is 48.8 Å². The quantitative estimate of drug-likeness (QED) is 0.589. The van der Waals surface area contributed by atoms with E-state index in [0.29, 0.717) is 12.1 Å². The number of nitrogens with zero attached hydrogens (tertiary/aromatic N) is 4. The number of hydrogen-bond acceptors (Lipinski definition) is 7. The number of nitrogens with one attached hydrogen (secondary N) is 1. The zero-order chi connectivity index (χ0) is 24.4. The second-order valence-electron chi connectivity index (χ2n) is 9.20. The van der Waals surface area contributed by atoms with Crippen molar-refractivity contribution in [3.8, 4) is 5.75 Å². The number of methoxy groups -OCH3 is 1. The number of benzene rings is 1. The highest BCUT2D eigenvalue weighted by atomic mass is 19.1. The number of halogens is 1. The minimum atomic E-state index is -0.410. The number of para-hydroxylation sites is 1. The molecule has 1 N–H and O–H groups in total. The Balaban J connectivity index is 1.25. The highest BCUT2D eigenvalue weighted by molar-refractivity contribution is 5.81. The third-order valence-corrected chi connectivity index (χ3v) is 6.87. The Kier molecular flexibility index (Phi) is 6.57. The predicted molar refractivity (Wildman–Crippen MR) is 133 cm³/mol.